The van der Waals surface area contributed by atoms with Gasteiger partial charge in [-0.1, -0.05) is 0 Å². The van der Waals surface area contributed by atoms with Crippen LogP contribution in [0.15, 0.2) is 6.07 Å². The molecule has 0 unspecified atom stereocenters. The summed E-state index contributed by atoms with van der Waals surface area (Å²) in [6.07, 6.45) is 3.06. The van der Waals surface area contributed by atoms with Crippen molar-refractivity contribution in [1.29, 1.82) is 0 Å². The first-order chi connectivity index (χ1) is 9.15. The number of rotatable bonds is 9. The molecule has 0 saturated heterocycles. The van der Waals surface area contributed by atoms with Gasteiger partial charge in [-0.15, -0.1) is 0 Å². The Morgan fingerprint density at radius 3 is 2.74 bits per heavy atom. The second kappa shape index (κ2) is 8.82. The zero-order chi connectivity index (χ0) is 14.1. The first kappa shape index (κ1) is 15.9. The minimum Gasteiger partial charge on any atom is -0.396 e. The molecule has 0 bridgehead atoms. The Morgan fingerprint density at radius 1 is 1.26 bits per heavy atom. The second-order valence-corrected chi connectivity index (χ2v) is 4.86. The van der Waals surface area contributed by atoms with Gasteiger partial charge in [0.25, 0.3) is 0 Å². The van der Waals surface area contributed by atoms with Gasteiger partial charge in [-0.05, 0) is 46.7 Å². The van der Waals surface area contributed by atoms with Crippen molar-refractivity contribution in [2.75, 3.05) is 32.1 Å². The molecule has 0 aliphatic carbocycles. The van der Waals surface area contributed by atoms with Crippen LogP contribution < -0.4 is 5.32 Å². The van der Waals surface area contributed by atoms with E-state index in [-0.39, 0.29) is 6.61 Å². The summed E-state index contributed by atoms with van der Waals surface area (Å²) in [5, 5.41) is 12.0. The predicted octanol–water partition coefficient (Wildman–Crippen LogP) is 1.81. The molecule has 0 radical (unpaired) electrons. The lowest BCUT2D eigenvalue weighted by Gasteiger charge is -2.16. The average Bonchev–Trinajstić information content (AvgIpc) is 2.34. The van der Waals surface area contributed by atoms with Crippen molar-refractivity contribution in [3.8, 4) is 0 Å². The zero-order valence-electron chi connectivity index (χ0n) is 12.3. The van der Waals surface area contributed by atoms with Crippen LogP contribution in [-0.2, 0) is 6.54 Å². The van der Waals surface area contributed by atoms with Crippen LogP contribution in [0.5, 0.6) is 0 Å². The van der Waals surface area contributed by atoms with Gasteiger partial charge in [-0.2, -0.15) is 0 Å². The first-order valence-electron chi connectivity index (χ1n) is 7.03. The van der Waals surface area contributed by atoms with Gasteiger partial charge < -0.3 is 10.4 Å². The van der Waals surface area contributed by atoms with Gasteiger partial charge in [0.1, 0.15) is 11.6 Å². The molecule has 1 aromatic heterocycles. The maximum Gasteiger partial charge on any atom is 0.144 e. The highest BCUT2D eigenvalue weighted by atomic mass is 16.2. The fourth-order valence-electron chi connectivity index (χ4n) is 1.96. The number of nitrogens with zero attached hydrogens (tertiary/aromatic N) is 3. The van der Waals surface area contributed by atoms with Crippen molar-refractivity contribution in [2.24, 2.45) is 0 Å². The summed E-state index contributed by atoms with van der Waals surface area (Å²) < 4.78 is 0. The summed E-state index contributed by atoms with van der Waals surface area (Å²) in [6, 6.07) is 1.97. The Hall–Kier alpha value is -1.20. The first-order valence-corrected chi connectivity index (χ1v) is 7.03. The van der Waals surface area contributed by atoms with E-state index >= 15 is 0 Å². The number of hydrogen-bond donors (Lipinski definition) is 2. The largest absolute Gasteiger partial charge is 0.396 e. The van der Waals surface area contributed by atoms with E-state index in [0.717, 1.165) is 56.2 Å². The molecule has 0 saturated carbocycles. The van der Waals surface area contributed by atoms with E-state index in [4.69, 9.17) is 5.11 Å². The minimum absolute atomic E-state index is 0.288. The fraction of sp³-hybridized carbons (Fsp3) is 0.714. The molecule has 0 aliphatic rings. The van der Waals surface area contributed by atoms with Gasteiger partial charge in [-0.25, -0.2) is 9.97 Å². The summed E-state index contributed by atoms with van der Waals surface area (Å²) >= 11 is 0. The van der Waals surface area contributed by atoms with E-state index in [0.29, 0.717) is 0 Å². The van der Waals surface area contributed by atoms with E-state index in [1.165, 1.54) is 0 Å². The van der Waals surface area contributed by atoms with Crippen molar-refractivity contribution in [3.63, 3.8) is 0 Å². The van der Waals surface area contributed by atoms with Crippen LogP contribution in [0.25, 0.3) is 0 Å². The van der Waals surface area contributed by atoms with E-state index in [1.807, 2.05) is 13.0 Å². The second-order valence-electron chi connectivity index (χ2n) is 4.86. The fourth-order valence-corrected chi connectivity index (χ4v) is 1.96. The van der Waals surface area contributed by atoms with Crippen LogP contribution in [0.3, 0.4) is 0 Å². The third-order valence-corrected chi connectivity index (χ3v) is 2.87. The lowest BCUT2D eigenvalue weighted by molar-refractivity contribution is 0.269. The Labute approximate surface area is 116 Å². The van der Waals surface area contributed by atoms with Gasteiger partial charge in [0.2, 0.25) is 0 Å². The Bertz CT molecular complexity index is 370. The van der Waals surface area contributed by atoms with Gasteiger partial charge in [-0.3, -0.25) is 4.90 Å². The highest BCUT2D eigenvalue weighted by Crippen LogP contribution is 2.08. The molecule has 0 amide bonds. The van der Waals surface area contributed by atoms with Crippen LogP contribution in [0.1, 0.15) is 37.7 Å². The smallest absolute Gasteiger partial charge is 0.144 e. The molecule has 0 spiro atoms. The van der Waals surface area contributed by atoms with E-state index in [2.05, 4.69) is 34.2 Å². The van der Waals surface area contributed by atoms with E-state index in [1.54, 1.807) is 0 Å². The number of hydrogen-bond acceptors (Lipinski definition) is 5. The van der Waals surface area contributed by atoms with Crippen LogP contribution in [0.4, 0.5) is 5.82 Å². The normalized spacial score (nSPS) is 11.0. The minimum atomic E-state index is 0.288. The predicted molar refractivity (Wildman–Crippen MR) is 78.2 cm³/mol. The van der Waals surface area contributed by atoms with Gasteiger partial charge in [0, 0.05) is 24.9 Å². The quantitative estimate of drug-likeness (QED) is 0.668. The monoisotopic (exact) mass is 266 g/mol. The van der Waals surface area contributed by atoms with Crippen molar-refractivity contribution in [1.82, 2.24) is 14.9 Å². The van der Waals surface area contributed by atoms with Crippen LogP contribution in [-0.4, -0.2) is 46.7 Å². The van der Waals surface area contributed by atoms with E-state index < -0.39 is 0 Å². The molecule has 0 atom stereocenters. The van der Waals surface area contributed by atoms with Crippen LogP contribution in [0.2, 0.25) is 0 Å². The number of aliphatic hydroxyl groups excluding tert-OH is 1. The van der Waals surface area contributed by atoms with Crippen molar-refractivity contribution in [2.45, 2.75) is 39.7 Å². The van der Waals surface area contributed by atoms with Crippen LogP contribution >= 0.6 is 0 Å². The molecular weight excluding hydrogens is 240 g/mol. The third kappa shape index (κ3) is 6.50. The standard InChI is InChI=1S/C14H26N4O/c1-4-15-13-10-12(2)16-14(17-13)11-18(3)8-6-5-7-9-19/h10,19H,4-9,11H2,1-3H3,(H,15,16,17). The molecule has 19 heavy (non-hydrogen) atoms. The molecule has 1 aromatic rings. The number of anilines is 1. The number of unbranched alkanes of at least 4 members (excludes halogenated alkanes) is 2. The molecule has 2 N–H and O–H groups in total. The highest BCUT2D eigenvalue weighted by Gasteiger charge is 2.05. The van der Waals surface area contributed by atoms with Gasteiger partial charge in [0.05, 0.1) is 6.54 Å². The number of nitrogens with one attached hydrogen (secondary N) is 1. The summed E-state index contributed by atoms with van der Waals surface area (Å²) in [5.41, 5.74) is 0.995. The molecule has 0 aliphatic heterocycles. The van der Waals surface area contributed by atoms with Crippen molar-refractivity contribution in [3.05, 3.63) is 17.6 Å². The summed E-state index contributed by atoms with van der Waals surface area (Å²) in [6.45, 7) is 6.98. The molecule has 0 fully saturated rings. The summed E-state index contributed by atoms with van der Waals surface area (Å²) in [7, 11) is 2.08. The number of aryl methyl sites for hydroxylation is 1. The Kier molecular flexibility index (Phi) is 7.36. The topological polar surface area (TPSA) is 61.3 Å². The Balaban J connectivity index is 2.46. The molecule has 0 aromatic carbocycles. The summed E-state index contributed by atoms with van der Waals surface area (Å²) in [4.78, 5) is 11.2. The molecule has 5 nitrogen and oxygen atoms in total. The third-order valence-electron chi connectivity index (χ3n) is 2.87. The van der Waals surface area contributed by atoms with Crippen LogP contribution in [0, 0.1) is 6.92 Å². The summed E-state index contributed by atoms with van der Waals surface area (Å²) in [5.74, 6) is 1.76. The number of aromatic nitrogens is 2. The molecule has 1 rings (SSSR count). The molecule has 5 heteroatoms. The van der Waals surface area contributed by atoms with Crippen molar-refractivity contribution >= 4 is 5.82 Å². The lowest BCUT2D eigenvalue weighted by Crippen LogP contribution is -2.21. The Morgan fingerprint density at radius 2 is 2.05 bits per heavy atom. The molecule has 108 valence electrons. The van der Waals surface area contributed by atoms with E-state index in [9.17, 15) is 0 Å². The lowest BCUT2D eigenvalue weighted by atomic mass is 10.2. The molecule has 1 heterocycles. The van der Waals surface area contributed by atoms with Gasteiger partial charge in [0.15, 0.2) is 0 Å². The SMILES string of the molecule is CCNc1cc(C)nc(CN(C)CCCCCO)n1. The average molecular weight is 266 g/mol. The number of aliphatic hydroxyl groups is 1. The zero-order valence-corrected chi connectivity index (χ0v) is 12.3. The van der Waals surface area contributed by atoms with Crippen molar-refractivity contribution < 1.29 is 5.11 Å². The molecular formula is C14H26N4O. The highest BCUT2D eigenvalue weighted by molar-refractivity contribution is 5.35. The maximum atomic E-state index is 8.74. The van der Waals surface area contributed by atoms with Gasteiger partial charge >= 0.3 is 0 Å². The maximum absolute atomic E-state index is 8.74.